The van der Waals surface area contributed by atoms with Gasteiger partial charge in [-0.05, 0) is 17.7 Å². The summed E-state index contributed by atoms with van der Waals surface area (Å²) in [6.07, 6.45) is 0.540. The smallest absolute Gasteiger partial charge is 0.142 e. The highest BCUT2D eigenvalue weighted by Crippen LogP contribution is 2.22. The van der Waals surface area contributed by atoms with Crippen molar-refractivity contribution in [3.63, 3.8) is 0 Å². The molecule has 0 unspecified atom stereocenters. The summed E-state index contributed by atoms with van der Waals surface area (Å²) in [6.45, 7) is 0.816. The normalized spacial score (nSPS) is 11.6. The number of benzene rings is 1. The van der Waals surface area contributed by atoms with E-state index in [1.165, 1.54) is 0 Å². The quantitative estimate of drug-likeness (QED) is 0.494. The molecule has 0 atom stereocenters. The molecule has 94 valence electrons. The Kier molecular flexibility index (Phi) is 6.11. The van der Waals surface area contributed by atoms with E-state index in [1.807, 2.05) is 6.07 Å². The van der Waals surface area contributed by atoms with Crippen molar-refractivity contribution >= 4 is 29.0 Å². The van der Waals surface area contributed by atoms with Gasteiger partial charge in [0.25, 0.3) is 0 Å². The van der Waals surface area contributed by atoms with Crippen molar-refractivity contribution in [1.29, 1.82) is 0 Å². The Morgan fingerprint density at radius 3 is 2.76 bits per heavy atom. The van der Waals surface area contributed by atoms with Crippen LogP contribution in [0.3, 0.4) is 0 Å². The predicted molar refractivity (Wildman–Crippen MR) is 69.4 cm³/mol. The van der Waals surface area contributed by atoms with Crippen LogP contribution >= 0.6 is 23.2 Å². The zero-order valence-corrected chi connectivity index (χ0v) is 11.0. The number of hydrogen-bond acceptors (Lipinski definition) is 3. The second-order valence-corrected chi connectivity index (χ2v) is 4.16. The Morgan fingerprint density at radius 2 is 2.12 bits per heavy atom. The highest BCUT2D eigenvalue weighted by atomic mass is 35.5. The van der Waals surface area contributed by atoms with Crippen LogP contribution in [0.2, 0.25) is 10.0 Å². The summed E-state index contributed by atoms with van der Waals surface area (Å²) in [4.78, 5) is 5.08. The third-order valence-electron chi connectivity index (χ3n) is 1.96. The molecule has 17 heavy (non-hydrogen) atoms. The first kappa shape index (κ1) is 14.1. The Morgan fingerprint density at radius 1 is 1.35 bits per heavy atom. The molecule has 0 aliphatic heterocycles. The summed E-state index contributed by atoms with van der Waals surface area (Å²) in [5, 5.41) is 4.75. The van der Waals surface area contributed by atoms with Gasteiger partial charge in [-0.1, -0.05) is 34.4 Å². The molecule has 0 aromatic heterocycles. The van der Waals surface area contributed by atoms with Crippen LogP contribution in [0.15, 0.2) is 23.4 Å². The largest absolute Gasteiger partial charge is 0.390 e. The Balaban J connectivity index is 2.42. The molecule has 0 amide bonds. The number of oxime groups is 1. The third-order valence-corrected chi connectivity index (χ3v) is 2.70. The molecule has 6 heteroatoms. The summed E-state index contributed by atoms with van der Waals surface area (Å²) < 4.78 is 4.86. The van der Waals surface area contributed by atoms with E-state index < -0.39 is 0 Å². The van der Waals surface area contributed by atoms with Crippen molar-refractivity contribution in [1.82, 2.24) is 0 Å². The van der Waals surface area contributed by atoms with E-state index in [1.54, 1.807) is 19.2 Å². The maximum Gasteiger partial charge on any atom is 0.142 e. The van der Waals surface area contributed by atoms with Crippen LogP contribution in [0, 0.1) is 0 Å². The van der Waals surface area contributed by atoms with Gasteiger partial charge >= 0.3 is 0 Å². The van der Waals surface area contributed by atoms with Crippen LogP contribution in [-0.2, 0) is 16.2 Å². The van der Waals surface area contributed by atoms with Gasteiger partial charge in [0, 0.05) is 13.5 Å². The SMILES string of the molecule is COCC/C(N)=N/OCc1ccc(Cl)c(Cl)c1. The molecule has 0 aliphatic carbocycles. The third kappa shape index (κ3) is 5.26. The maximum atomic E-state index is 5.86. The van der Waals surface area contributed by atoms with Crippen molar-refractivity contribution < 1.29 is 9.57 Å². The molecule has 0 aliphatic rings. The molecule has 1 aromatic rings. The molecule has 0 bridgehead atoms. The number of methoxy groups -OCH3 is 1. The number of nitrogens with zero attached hydrogens (tertiary/aromatic N) is 1. The molecule has 0 fully saturated rings. The minimum atomic E-state index is 0.296. The van der Waals surface area contributed by atoms with E-state index in [4.69, 9.17) is 38.5 Å². The van der Waals surface area contributed by atoms with Gasteiger partial charge in [-0.25, -0.2) is 0 Å². The molecule has 1 rings (SSSR count). The van der Waals surface area contributed by atoms with Gasteiger partial charge in [0.15, 0.2) is 0 Å². The molecule has 1 aromatic carbocycles. The number of rotatable bonds is 6. The highest BCUT2D eigenvalue weighted by Gasteiger charge is 2.00. The Bertz CT molecular complexity index is 397. The summed E-state index contributed by atoms with van der Waals surface area (Å²) >= 11 is 11.6. The zero-order valence-electron chi connectivity index (χ0n) is 9.45. The summed E-state index contributed by atoms with van der Waals surface area (Å²) in [7, 11) is 1.60. The molecular weight excluding hydrogens is 263 g/mol. The highest BCUT2D eigenvalue weighted by molar-refractivity contribution is 6.42. The molecule has 2 N–H and O–H groups in total. The number of nitrogens with two attached hydrogens (primary N) is 1. The van der Waals surface area contributed by atoms with Gasteiger partial charge in [0.05, 0.1) is 16.7 Å². The standard InChI is InChI=1S/C11H14Cl2N2O2/c1-16-5-4-11(14)15-17-7-8-2-3-9(12)10(13)6-8/h2-3,6H,4-5,7H2,1H3,(H2,14,15). The molecule has 4 nitrogen and oxygen atoms in total. The second-order valence-electron chi connectivity index (χ2n) is 3.35. The molecule has 0 radical (unpaired) electrons. The molecule has 0 saturated heterocycles. The van der Waals surface area contributed by atoms with E-state index in [0.717, 1.165) is 5.56 Å². The van der Waals surface area contributed by atoms with Crippen LogP contribution < -0.4 is 5.73 Å². The number of ether oxygens (including phenoxy) is 1. The fraction of sp³-hybridized carbons (Fsp3) is 0.364. The lowest BCUT2D eigenvalue weighted by Gasteiger charge is -2.03. The summed E-state index contributed by atoms with van der Waals surface area (Å²) in [5.74, 6) is 0.395. The first-order valence-corrected chi connectivity index (χ1v) is 5.76. The zero-order chi connectivity index (χ0) is 12.7. The first-order valence-electron chi connectivity index (χ1n) is 5.00. The van der Waals surface area contributed by atoms with E-state index in [2.05, 4.69) is 5.16 Å². The van der Waals surface area contributed by atoms with Gasteiger partial charge in [-0.3, -0.25) is 0 Å². The van der Waals surface area contributed by atoms with Crippen molar-refractivity contribution in [3.8, 4) is 0 Å². The number of hydrogen-bond donors (Lipinski definition) is 1. The lowest BCUT2D eigenvalue weighted by molar-refractivity contribution is 0.128. The minimum Gasteiger partial charge on any atom is -0.390 e. The summed E-state index contributed by atoms with van der Waals surface area (Å²) in [5.41, 5.74) is 6.45. The van der Waals surface area contributed by atoms with Gasteiger partial charge in [0.1, 0.15) is 12.4 Å². The fourth-order valence-electron chi connectivity index (χ4n) is 1.07. The Labute approximate surface area is 110 Å². The van der Waals surface area contributed by atoms with Crippen LogP contribution in [0.5, 0.6) is 0 Å². The average Bonchev–Trinajstić information content (AvgIpc) is 2.31. The van der Waals surface area contributed by atoms with E-state index in [0.29, 0.717) is 35.5 Å². The van der Waals surface area contributed by atoms with Gasteiger partial charge in [-0.2, -0.15) is 0 Å². The van der Waals surface area contributed by atoms with Crippen molar-refractivity contribution in [2.45, 2.75) is 13.0 Å². The van der Waals surface area contributed by atoms with Crippen molar-refractivity contribution in [2.75, 3.05) is 13.7 Å². The number of amidine groups is 1. The fourth-order valence-corrected chi connectivity index (χ4v) is 1.39. The molecular formula is C11H14Cl2N2O2. The van der Waals surface area contributed by atoms with Gasteiger partial charge in [0.2, 0.25) is 0 Å². The summed E-state index contributed by atoms with van der Waals surface area (Å²) in [6, 6.07) is 5.25. The Hall–Kier alpha value is -0.970. The lowest BCUT2D eigenvalue weighted by atomic mass is 10.2. The van der Waals surface area contributed by atoms with Crippen LogP contribution in [0.25, 0.3) is 0 Å². The molecule has 0 saturated carbocycles. The second kappa shape index (κ2) is 7.37. The van der Waals surface area contributed by atoms with Crippen molar-refractivity contribution in [2.24, 2.45) is 10.9 Å². The maximum absolute atomic E-state index is 5.86. The molecule has 0 heterocycles. The average molecular weight is 277 g/mol. The topological polar surface area (TPSA) is 56.8 Å². The van der Waals surface area contributed by atoms with E-state index in [9.17, 15) is 0 Å². The van der Waals surface area contributed by atoms with E-state index >= 15 is 0 Å². The van der Waals surface area contributed by atoms with Gasteiger partial charge < -0.3 is 15.3 Å². The monoisotopic (exact) mass is 276 g/mol. The van der Waals surface area contributed by atoms with E-state index in [-0.39, 0.29) is 0 Å². The number of halogens is 2. The molecule has 0 spiro atoms. The minimum absolute atomic E-state index is 0.296. The van der Waals surface area contributed by atoms with Crippen LogP contribution in [0.1, 0.15) is 12.0 Å². The van der Waals surface area contributed by atoms with Gasteiger partial charge in [-0.15, -0.1) is 0 Å². The predicted octanol–water partition coefficient (Wildman–Crippen LogP) is 2.82. The first-order chi connectivity index (χ1) is 8.13. The van der Waals surface area contributed by atoms with Crippen molar-refractivity contribution in [3.05, 3.63) is 33.8 Å². The van der Waals surface area contributed by atoms with Crippen LogP contribution in [-0.4, -0.2) is 19.6 Å². The lowest BCUT2D eigenvalue weighted by Crippen LogP contribution is -2.14. The van der Waals surface area contributed by atoms with Crippen LogP contribution in [0.4, 0.5) is 0 Å².